The Balaban J connectivity index is 1.90. The van der Waals surface area contributed by atoms with Crippen LogP contribution >= 0.6 is 0 Å². The second-order valence-electron chi connectivity index (χ2n) is 8.63. The van der Waals surface area contributed by atoms with Crippen LogP contribution in [0.3, 0.4) is 0 Å². The number of ether oxygens (including phenoxy) is 2. The molecule has 2 aromatic carbocycles. The summed E-state index contributed by atoms with van der Waals surface area (Å²) in [4.78, 5) is 39.7. The Hall–Kier alpha value is -3.49. The van der Waals surface area contributed by atoms with E-state index in [4.69, 9.17) is 9.47 Å². The quantitative estimate of drug-likeness (QED) is 0.561. The van der Waals surface area contributed by atoms with E-state index >= 15 is 0 Å². The molecule has 0 unspecified atom stereocenters. The first-order chi connectivity index (χ1) is 14.9. The molecule has 0 radical (unpaired) electrons. The van der Waals surface area contributed by atoms with Crippen LogP contribution in [-0.2, 0) is 25.5 Å². The second kappa shape index (κ2) is 8.57. The minimum atomic E-state index is -1.80. The number of amides is 1. The molecule has 1 amide bonds. The highest BCUT2D eigenvalue weighted by molar-refractivity contribution is 5.94. The van der Waals surface area contributed by atoms with Gasteiger partial charge in [0.1, 0.15) is 29.5 Å². The first-order valence-corrected chi connectivity index (χ1v) is 9.93. The number of rotatable bonds is 5. The Bertz CT molecular complexity index is 1030. The number of nitrogens with zero attached hydrogens (tertiary/aromatic N) is 1. The Labute approximate surface area is 184 Å². The van der Waals surface area contributed by atoms with Gasteiger partial charge in [-0.05, 0) is 69.7 Å². The summed E-state index contributed by atoms with van der Waals surface area (Å²) in [6.45, 7) is 6.15. The Kier molecular flexibility index (Phi) is 6.20. The average molecular weight is 446 g/mol. The lowest BCUT2D eigenvalue weighted by Gasteiger charge is -2.42. The van der Waals surface area contributed by atoms with Gasteiger partial charge in [0.15, 0.2) is 0 Å². The smallest absolute Gasteiger partial charge is 0.358 e. The van der Waals surface area contributed by atoms with Gasteiger partial charge in [-0.3, -0.25) is 9.59 Å². The van der Waals surface area contributed by atoms with Crippen molar-refractivity contribution in [1.82, 2.24) is 5.32 Å². The zero-order valence-corrected chi connectivity index (χ0v) is 18.2. The Morgan fingerprint density at radius 3 is 2.25 bits per heavy atom. The average Bonchev–Trinajstić information content (AvgIpc) is 2.63. The summed E-state index contributed by atoms with van der Waals surface area (Å²) in [5.74, 6) is -3.53. The minimum Gasteiger partial charge on any atom is -0.459 e. The molecule has 32 heavy (non-hydrogen) atoms. The Morgan fingerprint density at radius 1 is 1.09 bits per heavy atom. The molecule has 0 spiro atoms. The van der Waals surface area contributed by atoms with E-state index in [2.05, 4.69) is 5.32 Å². The minimum absolute atomic E-state index is 0.0878. The molecule has 0 saturated heterocycles. The van der Waals surface area contributed by atoms with Crippen molar-refractivity contribution in [2.24, 2.45) is 0 Å². The molecule has 9 heteroatoms. The number of carbonyl (C=O) groups excluding carboxylic acids is 3. The zero-order valence-electron chi connectivity index (χ0n) is 18.2. The number of carbonyl (C=O) groups is 3. The van der Waals surface area contributed by atoms with Crippen LogP contribution in [0.25, 0.3) is 0 Å². The van der Waals surface area contributed by atoms with Crippen molar-refractivity contribution >= 4 is 23.5 Å². The molecular weight excluding hydrogens is 422 g/mol. The third kappa shape index (κ3) is 5.40. The normalized spacial score (nSPS) is 17.9. The number of anilines is 1. The van der Waals surface area contributed by atoms with E-state index < -0.39 is 47.2 Å². The predicted octanol–water partition coefficient (Wildman–Crippen LogP) is 3.11. The summed E-state index contributed by atoms with van der Waals surface area (Å²) in [6.07, 6.45) is -0.393. The molecule has 1 atom stereocenters. The van der Waals surface area contributed by atoms with Gasteiger partial charge in [-0.15, -0.1) is 0 Å². The van der Waals surface area contributed by atoms with Crippen molar-refractivity contribution in [1.29, 1.82) is 0 Å². The second-order valence-corrected chi connectivity index (χ2v) is 8.63. The van der Waals surface area contributed by atoms with E-state index in [-0.39, 0.29) is 17.9 Å². The maximum Gasteiger partial charge on any atom is 0.358 e. The lowest BCUT2D eigenvalue weighted by atomic mass is 10.1. The summed E-state index contributed by atoms with van der Waals surface area (Å²) in [5.41, 5.74) is -2.00. The maximum absolute atomic E-state index is 13.5. The fraction of sp³-hybridized carbons (Fsp3) is 0.348. The molecule has 170 valence electrons. The summed E-state index contributed by atoms with van der Waals surface area (Å²) >= 11 is 0. The van der Waals surface area contributed by atoms with E-state index in [1.54, 1.807) is 45.0 Å². The molecule has 0 fully saturated rings. The van der Waals surface area contributed by atoms with Crippen LogP contribution in [0.4, 0.5) is 14.5 Å². The van der Waals surface area contributed by atoms with Crippen LogP contribution < -0.4 is 15.0 Å². The van der Waals surface area contributed by atoms with Crippen molar-refractivity contribution in [3.8, 4) is 5.75 Å². The van der Waals surface area contributed by atoms with Gasteiger partial charge >= 0.3 is 11.9 Å². The molecule has 0 aliphatic carbocycles. The van der Waals surface area contributed by atoms with Crippen LogP contribution in [0, 0.1) is 11.6 Å². The largest absolute Gasteiger partial charge is 0.459 e. The monoisotopic (exact) mass is 446 g/mol. The third-order valence-corrected chi connectivity index (χ3v) is 4.67. The molecule has 7 nitrogen and oxygen atoms in total. The summed E-state index contributed by atoms with van der Waals surface area (Å²) < 4.78 is 37.7. The lowest BCUT2D eigenvalue weighted by Crippen LogP contribution is -2.67. The van der Waals surface area contributed by atoms with Gasteiger partial charge in [-0.2, -0.15) is 0 Å². The highest BCUT2D eigenvalue weighted by Gasteiger charge is 2.45. The van der Waals surface area contributed by atoms with Crippen molar-refractivity contribution < 1.29 is 32.6 Å². The molecular formula is C23H24F2N2O5. The fourth-order valence-corrected chi connectivity index (χ4v) is 3.35. The number of fused-ring (bicyclic) bond motifs is 5. The highest BCUT2D eigenvalue weighted by Crippen LogP contribution is 2.30. The van der Waals surface area contributed by atoms with E-state index in [1.165, 1.54) is 11.8 Å². The van der Waals surface area contributed by atoms with E-state index in [9.17, 15) is 23.2 Å². The number of nitrogens with one attached hydrogen (secondary N) is 1. The SMILES string of the molecule is CC(C)(C)OC(=O)CN1c2ccc(cc2)OC(=O)[C@@]1(C)NC(=O)Cc1cc(F)cc(F)c1. The highest BCUT2D eigenvalue weighted by atomic mass is 19.1. The molecule has 2 aliphatic rings. The number of benzene rings is 2. The molecule has 2 bridgehead atoms. The van der Waals surface area contributed by atoms with Crippen LogP contribution in [0.15, 0.2) is 42.5 Å². The summed E-state index contributed by atoms with van der Waals surface area (Å²) in [7, 11) is 0. The fourth-order valence-electron chi connectivity index (χ4n) is 3.35. The van der Waals surface area contributed by atoms with Gasteiger partial charge in [0, 0.05) is 11.8 Å². The standard InChI is InChI=1S/C23H24F2N2O5/c1-22(2,3)32-20(29)13-27-17-5-7-18(8-6-17)31-21(30)23(27,4)26-19(28)11-14-9-15(24)12-16(25)10-14/h5-10,12H,11,13H2,1-4H3,(H,26,28)/t23-/m0/s1. The van der Waals surface area contributed by atoms with Crippen LogP contribution in [0.2, 0.25) is 0 Å². The van der Waals surface area contributed by atoms with Crippen LogP contribution in [-0.4, -0.2) is 35.7 Å². The number of halogens is 2. The van der Waals surface area contributed by atoms with Crippen molar-refractivity contribution in [2.45, 2.75) is 45.4 Å². The molecule has 0 aromatic heterocycles. The van der Waals surface area contributed by atoms with Gasteiger partial charge in [0.2, 0.25) is 11.6 Å². The van der Waals surface area contributed by atoms with E-state index in [0.717, 1.165) is 12.1 Å². The number of hydrogen-bond donors (Lipinski definition) is 1. The van der Waals surface area contributed by atoms with Gasteiger partial charge in [0.25, 0.3) is 0 Å². The predicted molar refractivity (Wildman–Crippen MR) is 112 cm³/mol. The first kappa shape index (κ1) is 23.2. The van der Waals surface area contributed by atoms with Gasteiger partial charge in [-0.1, -0.05) is 0 Å². The van der Waals surface area contributed by atoms with E-state index in [0.29, 0.717) is 11.8 Å². The molecule has 0 saturated carbocycles. The Morgan fingerprint density at radius 2 is 1.69 bits per heavy atom. The van der Waals surface area contributed by atoms with Gasteiger partial charge < -0.3 is 19.7 Å². The zero-order chi connectivity index (χ0) is 23.7. The molecule has 2 aromatic rings. The molecule has 2 heterocycles. The van der Waals surface area contributed by atoms with Crippen molar-refractivity contribution in [3.05, 3.63) is 59.7 Å². The summed E-state index contributed by atoms with van der Waals surface area (Å²) in [6, 6.07) is 9.14. The molecule has 2 aliphatic heterocycles. The molecule has 1 N–H and O–H groups in total. The topological polar surface area (TPSA) is 84.9 Å². The first-order valence-electron chi connectivity index (χ1n) is 9.93. The van der Waals surface area contributed by atoms with Crippen molar-refractivity contribution in [3.63, 3.8) is 0 Å². The van der Waals surface area contributed by atoms with Crippen LogP contribution in [0.1, 0.15) is 33.3 Å². The lowest BCUT2D eigenvalue weighted by molar-refractivity contribution is -0.154. The van der Waals surface area contributed by atoms with E-state index in [1.807, 2.05) is 0 Å². The maximum atomic E-state index is 13.5. The van der Waals surface area contributed by atoms with Crippen molar-refractivity contribution in [2.75, 3.05) is 11.4 Å². The van der Waals surface area contributed by atoms with Gasteiger partial charge in [0.05, 0.1) is 6.42 Å². The molecule has 4 rings (SSSR count). The number of esters is 2. The van der Waals surface area contributed by atoms with Crippen LogP contribution in [0.5, 0.6) is 5.75 Å². The van der Waals surface area contributed by atoms with Gasteiger partial charge in [-0.25, -0.2) is 13.6 Å². The third-order valence-electron chi connectivity index (χ3n) is 4.67. The number of hydrogen-bond acceptors (Lipinski definition) is 6. The summed E-state index contributed by atoms with van der Waals surface area (Å²) in [5, 5.41) is 2.56.